The summed E-state index contributed by atoms with van der Waals surface area (Å²) in [5, 5.41) is 5.08. The van der Waals surface area contributed by atoms with E-state index in [-0.39, 0.29) is 5.91 Å². The van der Waals surface area contributed by atoms with Gasteiger partial charge in [-0.15, -0.1) is 11.3 Å². The molecule has 0 radical (unpaired) electrons. The highest BCUT2D eigenvalue weighted by molar-refractivity contribution is 7.15. The highest BCUT2D eigenvalue weighted by Gasteiger charge is 2.14. The lowest BCUT2D eigenvalue weighted by Crippen LogP contribution is -2.17. The summed E-state index contributed by atoms with van der Waals surface area (Å²) >= 11 is 1.54. The number of imidazole rings is 1. The average molecular weight is 420 g/mol. The van der Waals surface area contributed by atoms with Gasteiger partial charge in [-0.2, -0.15) is 0 Å². The zero-order valence-corrected chi connectivity index (χ0v) is 18.5. The molecule has 0 aliphatic rings. The Morgan fingerprint density at radius 1 is 1.13 bits per heavy atom. The van der Waals surface area contributed by atoms with Crippen LogP contribution >= 0.6 is 11.3 Å². The van der Waals surface area contributed by atoms with Crippen LogP contribution in [0.1, 0.15) is 29.3 Å². The minimum atomic E-state index is -0.0268. The number of benzene rings is 2. The topological polar surface area (TPSA) is 55.6 Å². The molecule has 0 saturated heterocycles. The second-order valence-electron chi connectivity index (χ2n) is 7.46. The number of carbonyl (C=O) groups excluding carboxylic acids is 1. The molecule has 4 rings (SSSR count). The van der Waals surface area contributed by atoms with Gasteiger partial charge in [-0.25, -0.2) is 4.98 Å². The Hall–Kier alpha value is -3.12. The van der Waals surface area contributed by atoms with Crippen molar-refractivity contribution in [2.75, 3.05) is 11.9 Å². The molecule has 0 bridgehead atoms. The van der Waals surface area contributed by atoms with E-state index in [1.807, 2.05) is 61.0 Å². The van der Waals surface area contributed by atoms with Gasteiger partial charge in [0.25, 0.3) is 0 Å². The van der Waals surface area contributed by atoms with Crippen molar-refractivity contribution in [3.05, 3.63) is 70.4 Å². The van der Waals surface area contributed by atoms with Gasteiger partial charge < -0.3 is 10.1 Å². The van der Waals surface area contributed by atoms with Crippen LogP contribution in [-0.4, -0.2) is 21.9 Å². The van der Waals surface area contributed by atoms with Gasteiger partial charge in [-0.1, -0.05) is 17.7 Å². The normalized spacial score (nSPS) is 11.1. The minimum Gasteiger partial charge on any atom is -0.494 e. The first kappa shape index (κ1) is 20.2. The summed E-state index contributed by atoms with van der Waals surface area (Å²) in [6.07, 6.45) is 2.29. The molecule has 4 aromatic rings. The lowest BCUT2D eigenvalue weighted by atomic mass is 10.0. The highest BCUT2D eigenvalue weighted by Crippen LogP contribution is 2.26. The number of fused-ring (bicyclic) bond motifs is 1. The van der Waals surface area contributed by atoms with Gasteiger partial charge in [-0.3, -0.25) is 9.20 Å². The van der Waals surface area contributed by atoms with Crippen LogP contribution in [0.15, 0.2) is 48.0 Å². The van der Waals surface area contributed by atoms with E-state index in [9.17, 15) is 4.79 Å². The van der Waals surface area contributed by atoms with Gasteiger partial charge in [0.2, 0.25) is 5.91 Å². The van der Waals surface area contributed by atoms with E-state index in [1.165, 1.54) is 5.56 Å². The molecule has 0 aliphatic carbocycles. The zero-order chi connectivity index (χ0) is 21.3. The maximum Gasteiger partial charge on any atom is 0.230 e. The standard InChI is InChI=1S/C24H25N3O2S/c1-5-29-20-8-6-18(7-9-20)21-13-27-19(14-30-24(27)25-21)12-22(28)26-23-16(3)10-15(2)11-17(23)4/h6-11,13-14H,5,12H2,1-4H3,(H,26,28). The van der Waals surface area contributed by atoms with Gasteiger partial charge in [0.1, 0.15) is 5.75 Å². The van der Waals surface area contributed by atoms with E-state index < -0.39 is 0 Å². The monoisotopic (exact) mass is 419 g/mol. The van der Waals surface area contributed by atoms with Crippen molar-refractivity contribution >= 4 is 27.9 Å². The molecule has 2 heterocycles. The minimum absolute atomic E-state index is 0.0268. The van der Waals surface area contributed by atoms with Crippen molar-refractivity contribution in [2.24, 2.45) is 0 Å². The first-order valence-corrected chi connectivity index (χ1v) is 10.9. The summed E-state index contributed by atoms with van der Waals surface area (Å²) in [6.45, 7) is 8.73. The number of hydrogen-bond acceptors (Lipinski definition) is 4. The number of amides is 1. The Morgan fingerprint density at radius 3 is 2.50 bits per heavy atom. The molecule has 2 aromatic heterocycles. The summed E-state index contributed by atoms with van der Waals surface area (Å²) in [4.78, 5) is 18.3. The van der Waals surface area contributed by atoms with Crippen LogP contribution in [0.25, 0.3) is 16.2 Å². The van der Waals surface area contributed by atoms with Gasteiger partial charge in [0.05, 0.1) is 18.7 Å². The maximum atomic E-state index is 12.7. The number of ether oxygens (including phenoxy) is 1. The van der Waals surface area contributed by atoms with E-state index in [0.29, 0.717) is 13.0 Å². The van der Waals surface area contributed by atoms with Gasteiger partial charge >= 0.3 is 0 Å². The molecule has 0 spiro atoms. The number of nitrogens with one attached hydrogen (secondary N) is 1. The molecule has 0 atom stereocenters. The Labute approximate surface area is 180 Å². The molecule has 5 nitrogen and oxygen atoms in total. The van der Waals surface area contributed by atoms with Crippen molar-refractivity contribution in [3.63, 3.8) is 0 Å². The van der Waals surface area contributed by atoms with Crippen molar-refractivity contribution in [3.8, 4) is 17.0 Å². The molecular formula is C24H25N3O2S. The third kappa shape index (κ3) is 4.09. The number of rotatable bonds is 6. The number of anilines is 1. The maximum absolute atomic E-state index is 12.7. The summed E-state index contributed by atoms with van der Waals surface area (Å²) in [5.74, 6) is 0.822. The van der Waals surface area contributed by atoms with Crippen LogP contribution in [0, 0.1) is 20.8 Å². The van der Waals surface area contributed by atoms with Crippen molar-refractivity contribution in [2.45, 2.75) is 34.1 Å². The molecule has 1 amide bonds. The molecule has 1 N–H and O–H groups in total. The number of nitrogens with zero attached hydrogens (tertiary/aromatic N) is 2. The molecule has 0 saturated carbocycles. The quantitative estimate of drug-likeness (QED) is 0.445. The first-order valence-electron chi connectivity index (χ1n) is 10.0. The number of aromatic nitrogens is 2. The van der Waals surface area contributed by atoms with Crippen LogP contribution in [0.5, 0.6) is 5.75 Å². The first-order chi connectivity index (χ1) is 14.4. The fourth-order valence-electron chi connectivity index (χ4n) is 3.71. The lowest BCUT2D eigenvalue weighted by molar-refractivity contribution is -0.115. The Balaban J connectivity index is 1.53. The highest BCUT2D eigenvalue weighted by atomic mass is 32.1. The predicted octanol–water partition coefficient (Wildman–Crippen LogP) is 5.57. The van der Waals surface area contributed by atoms with E-state index in [4.69, 9.17) is 9.72 Å². The number of hydrogen-bond donors (Lipinski definition) is 1. The molecule has 0 unspecified atom stereocenters. The molecular weight excluding hydrogens is 394 g/mol. The SMILES string of the molecule is CCOc1ccc(-c2cn3c(CC(=O)Nc4c(C)cc(C)cc4C)csc3n2)cc1. The molecule has 6 heteroatoms. The molecule has 30 heavy (non-hydrogen) atoms. The molecule has 0 aliphatic heterocycles. The smallest absolute Gasteiger partial charge is 0.230 e. The van der Waals surface area contributed by atoms with Crippen LogP contribution in [-0.2, 0) is 11.2 Å². The van der Waals surface area contributed by atoms with Gasteiger partial charge in [0, 0.05) is 28.5 Å². The fraction of sp³-hybridized carbons (Fsp3) is 0.250. The van der Waals surface area contributed by atoms with E-state index >= 15 is 0 Å². The predicted molar refractivity (Wildman–Crippen MR) is 123 cm³/mol. The lowest BCUT2D eigenvalue weighted by Gasteiger charge is -2.12. The number of aryl methyl sites for hydroxylation is 3. The van der Waals surface area contributed by atoms with Crippen LogP contribution in [0.4, 0.5) is 5.69 Å². The Bertz CT molecular complexity index is 1180. The second-order valence-corrected chi connectivity index (χ2v) is 8.30. The summed E-state index contributed by atoms with van der Waals surface area (Å²) in [7, 11) is 0. The molecule has 0 fully saturated rings. The third-order valence-electron chi connectivity index (χ3n) is 5.03. The molecule has 2 aromatic carbocycles. The van der Waals surface area contributed by atoms with Crippen LogP contribution < -0.4 is 10.1 Å². The zero-order valence-electron chi connectivity index (χ0n) is 17.7. The van der Waals surface area contributed by atoms with Crippen LogP contribution in [0.3, 0.4) is 0 Å². The molecule has 154 valence electrons. The Morgan fingerprint density at radius 2 is 1.83 bits per heavy atom. The summed E-state index contributed by atoms with van der Waals surface area (Å²) < 4.78 is 7.51. The van der Waals surface area contributed by atoms with Gasteiger partial charge in [0.15, 0.2) is 4.96 Å². The van der Waals surface area contributed by atoms with E-state index in [0.717, 1.165) is 44.5 Å². The van der Waals surface area contributed by atoms with Gasteiger partial charge in [-0.05, 0) is 63.1 Å². The third-order valence-corrected chi connectivity index (χ3v) is 5.92. The number of thiazole rings is 1. The summed E-state index contributed by atoms with van der Waals surface area (Å²) in [6, 6.07) is 12.1. The van der Waals surface area contributed by atoms with Crippen molar-refractivity contribution < 1.29 is 9.53 Å². The number of carbonyl (C=O) groups is 1. The van der Waals surface area contributed by atoms with E-state index in [1.54, 1.807) is 11.3 Å². The largest absolute Gasteiger partial charge is 0.494 e. The van der Waals surface area contributed by atoms with E-state index in [2.05, 4.69) is 24.4 Å². The fourth-order valence-corrected chi connectivity index (χ4v) is 4.58. The summed E-state index contributed by atoms with van der Waals surface area (Å²) in [5.41, 5.74) is 7.10. The Kier molecular flexibility index (Phi) is 5.59. The van der Waals surface area contributed by atoms with Crippen LogP contribution in [0.2, 0.25) is 0 Å². The van der Waals surface area contributed by atoms with Crippen molar-refractivity contribution in [1.29, 1.82) is 0 Å². The average Bonchev–Trinajstić information content (AvgIpc) is 3.28. The second kappa shape index (κ2) is 8.32. The van der Waals surface area contributed by atoms with Crippen molar-refractivity contribution in [1.82, 2.24) is 9.38 Å².